The van der Waals surface area contributed by atoms with E-state index in [1.54, 1.807) is 45.0 Å². The van der Waals surface area contributed by atoms with Crippen LogP contribution in [0.5, 0.6) is 0 Å². The Morgan fingerprint density at radius 2 is 2.06 bits per heavy atom. The fraction of sp³-hybridized carbons (Fsp3) is 0.385. The number of nitrogens with zero attached hydrogens (tertiary/aromatic N) is 2. The predicted molar refractivity (Wildman–Crippen MR) is 67.1 cm³/mol. The molecular formula is C13H17N3O2. The SMILES string of the molecule is CC(C)(C)OC(=O)N(N)Cc1ccccc1C#N. The first-order chi connectivity index (χ1) is 8.33. The van der Waals surface area contributed by atoms with Crippen LogP contribution in [0.15, 0.2) is 24.3 Å². The van der Waals surface area contributed by atoms with E-state index in [2.05, 4.69) is 6.07 Å². The lowest BCUT2D eigenvalue weighted by Gasteiger charge is -2.24. The molecule has 0 saturated carbocycles. The summed E-state index contributed by atoms with van der Waals surface area (Å²) in [5.41, 5.74) is 0.591. The first-order valence-electron chi connectivity index (χ1n) is 5.56. The Balaban J connectivity index is 2.73. The van der Waals surface area contributed by atoms with Crippen molar-refractivity contribution in [2.45, 2.75) is 32.9 Å². The second-order valence-electron chi connectivity index (χ2n) is 4.88. The molecule has 96 valence electrons. The highest BCUT2D eigenvalue weighted by Crippen LogP contribution is 2.12. The van der Waals surface area contributed by atoms with E-state index in [0.717, 1.165) is 5.01 Å². The lowest BCUT2D eigenvalue weighted by molar-refractivity contribution is 0.0231. The Labute approximate surface area is 107 Å². The summed E-state index contributed by atoms with van der Waals surface area (Å²) < 4.78 is 5.12. The smallest absolute Gasteiger partial charge is 0.424 e. The van der Waals surface area contributed by atoms with Gasteiger partial charge >= 0.3 is 6.09 Å². The normalized spacial score (nSPS) is 10.6. The topological polar surface area (TPSA) is 79.3 Å². The van der Waals surface area contributed by atoms with E-state index in [-0.39, 0.29) is 6.54 Å². The number of carbonyl (C=O) groups excluding carboxylic acids is 1. The van der Waals surface area contributed by atoms with Crippen LogP contribution < -0.4 is 5.84 Å². The zero-order valence-corrected chi connectivity index (χ0v) is 10.8. The van der Waals surface area contributed by atoms with Crippen LogP contribution in [0.1, 0.15) is 31.9 Å². The van der Waals surface area contributed by atoms with Gasteiger partial charge in [0.15, 0.2) is 0 Å². The molecule has 1 rings (SSSR count). The van der Waals surface area contributed by atoms with Gasteiger partial charge in [0.2, 0.25) is 0 Å². The second-order valence-corrected chi connectivity index (χ2v) is 4.88. The highest BCUT2D eigenvalue weighted by Gasteiger charge is 2.20. The van der Waals surface area contributed by atoms with Crippen LogP contribution in [0, 0.1) is 11.3 Å². The van der Waals surface area contributed by atoms with Crippen LogP contribution in [0.25, 0.3) is 0 Å². The van der Waals surface area contributed by atoms with E-state index in [9.17, 15) is 4.79 Å². The maximum Gasteiger partial charge on any atom is 0.424 e. The lowest BCUT2D eigenvalue weighted by Crippen LogP contribution is -2.41. The molecule has 0 aliphatic heterocycles. The van der Waals surface area contributed by atoms with Gasteiger partial charge in [-0.25, -0.2) is 15.6 Å². The third kappa shape index (κ3) is 4.07. The highest BCUT2D eigenvalue weighted by molar-refractivity contribution is 5.67. The minimum atomic E-state index is -0.616. The number of hydrogen-bond donors (Lipinski definition) is 1. The van der Waals surface area contributed by atoms with Crippen molar-refractivity contribution in [3.05, 3.63) is 35.4 Å². The summed E-state index contributed by atoms with van der Waals surface area (Å²) in [5.74, 6) is 5.63. The molecule has 0 spiro atoms. The number of benzene rings is 1. The number of nitrogens with two attached hydrogens (primary N) is 1. The fourth-order valence-electron chi connectivity index (χ4n) is 1.34. The molecule has 0 saturated heterocycles. The van der Waals surface area contributed by atoms with Gasteiger partial charge in [-0.2, -0.15) is 5.26 Å². The summed E-state index contributed by atoms with van der Waals surface area (Å²) in [7, 11) is 0. The van der Waals surface area contributed by atoms with Crippen molar-refractivity contribution in [3.8, 4) is 6.07 Å². The summed E-state index contributed by atoms with van der Waals surface area (Å²) in [6.45, 7) is 5.44. The zero-order chi connectivity index (χ0) is 13.8. The molecule has 5 nitrogen and oxygen atoms in total. The number of ether oxygens (including phenoxy) is 1. The Kier molecular flexibility index (Phi) is 4.29. The van der Waals surface area contributed by atoms with Crippen LogP contribution in [-0.2, 0) is 11.3 Å². The molecule has 1 amide bonds. The molecule has 0 aliphatic rings. The molecule has 0 atom stereocenters. The van der Waals surface area contributed by atoms with E-state index in [0.29, 0.717) is 11.1 Å². The van der Waals surface area contributed by atoms with Gasteiger partial charge in [0.1, 0.15) is 5.60 Å². The van der Waals surface area contributed by atoms with E-state index in [1.165, 1.54) is 0 Å². The first kappa shape index (κ1) is 14.0. The molecule has 5 heteroatoms. The Bertz CT molecular complexity index is 472. The van der Waals surface area contributed by atoms with Gasteiger partial charge in [0.05, 0.1) is 18.2 Å². The molecule has 0 radical (unpaired) electrons. The lowest BCUT2D eigenvalue weighted by atomic mass is 10.1. The number of carbonyl (C=O) groups is 1. The van der Waals surface area contributed by atoms with Crippen molar-refractivity contribution < 1.29 is 9.53 Å². The number of rotatable bonds is 2. The fourth-order valence-corrected chi connectivity index (χ4v) is 1.34. The Morgan fingerprint density at radius 1 is 1.44 bits per heavy atom. The summed E-state index contributed by atoms with van der Waals surface area (Å²) in [6.07, 6.45) is -0.616. The monoisotopic (exact) mass is 247 g/mol. The van der Waals surface area contributed by atoms with Crippen LogP contribution in [0.3, 0.4) is 0 Å². The minimum absolute atomic E-state index is 0.138. The van der Waals surface area contributed by atoms with Crippen molar-refractivity contribution in [2.75, 3.05) is 0 Å². The quantitative estimate of drug-likeness (QED) is 0.493. The van der Waals surface area contributed by atoms with Crippen LogP contribution >= 0.6 is 0 Å². The summed E-state index contributed by atoms with van der Waals surface area (Å²) in [6, 6.07) is 9.04. The number of nitriles is 1. The molecule has 0 fully saturated rings. The molecule has 0 aliphatic carbocycles. The van der Waals surface area contributed by atoms with Gasteiger partial charge in [0.25, 0.3) is 0 Å². The largest absolute Gasteiger partial charge is 0.443 e. The average molecular weight is 247 g/mol. The summed E-state index contributed by atoms with van der Waals surface area (Å²) in [4.78, 5) is 11.7. The Morgan fingerprint density at radius 3 is 2.61 bits per heavy atom. The van der Waals surface area contributed by atoms with E-state index in [4.69, 9.17) is 15.8 Å². The van der Waals surface area contributed by atoms with Gasteiger partial charge in [0, 0.05) is 0 Å². The number of hydrogen-bond acceptors (Lipinski definition) is 4. The molecule has 0 heterocycles. The van der Waals surface area contributed by atoms with Crippen molar-refractivity contribution in [2.24, 2.45) is 5.84 Å². The first-order valence-corrected chi connectivity index (χ1v) is 5.56. The molecule has 2 N–H and O–H groups in total. The van der Waals surface area contributed by atoms with Crippen molar-refractivity contribution >= 4 is 6.09 Å². The third-order valence-corrected chi connectivity index (χ3v) is 2.11. The standard InChI is InChI=1S/C13H17N3O2/c1-13(2,3)18-12(17)16(15)9-11-7-5-4-6-10(11)8-14/h4-7H,9,15H2,1-3H3. The van der Waals surface area contributed by atoms with Gasteiger partial charge in [-0.15, -0.1) is 0 Å². The third-order valence-electron chi connectivity index (χ3n) is 2.11. The molecule has 0 unspecified atom stereocenters. The molecule has 18 heavy (non-hydrogen) atoms. The van der Waals surface area contributed by atoms with Crippen LogP contribution in [0.4, 0.5) is 4.79 Å². The number of amides is 1. The van der Waals surface area contributed by atoms with Crippen molar-refractivity contribution in [3.63, 3.8) is 0 Å². The van der Waals surface area contributed by atoms with Gasteiger partial charge < -0.3 is 4.74 Å². The molecule has 0 aromatic heterocycles. The van der Waals surface area contributed by atoms with Gasteiger partial charge in [-0.3, -0.25) is 0 Å². The number of hydrazine groups is 1. The molecule has 0 bridgehead atoms. The highest BCUT2D eigenvalue weighted by atomic mass is 16.6. The predicted octanol–water partition coefficient (Wildman–Crippen LogP) is 2.17. The summed E-state index contributed by atoms with van der Waals surface area (Å²) >= 11 is 0. The maximum absolute atomic E-state index is 11.7. The van der Waals surface area contributed by atoms with E-state index in [1.807, 2.05) is 0 Å². The molecular weight excluding hydrogens is 230 g/mol. The van der Waals surface area contributed by atoms with Crippen molar-refractivity contribution in [1.29, 1.82) is 5.26 Å². The van der Waals surface area contributed by atoms with Gasteiger partial charge in [-0.1, -0.05) is 18.2 Å². The zero-order valence-electron chi connectivity index (χ0n) is 10.8. The Hall–Kier alpha value is -2.06. The van der Waals surface area contributed by atoms with Gasteiger partial charge in [-0.05, 0) is 32.4 Å². The van der Waals surface area contributed by atoms with E-state index < -0.39 is 11.7 Å². The van der Waals surface area contributed by atoms with Crippen LogP contribution in [-0.4, -0.2) is 16.7 Å². The molecule has 1 aromatic carbocycles. The minimum Gasteiger partial charge on any atom is -0.443 e. The molecule has 1 aromatic rings. The van der Waals surface area contributed by atoms with Crippen LogP contribution in [0.2, 0.25) is 0 Å². The average Bonchev–Trinajstić information content (AvgIpc) is 2.27. The summed E-state index contributed by atoms with van der Waals surface area (Å²) in [5, 5.41) is 9.89. The van der Waals surface area contributed by atoms with Crippen molar-refractivity contribution in [1.82, 2.24) is 5.01 Å². The maximum atomic E-state index is 11.7. The van der Waals surface area contributed by atoms with E-state index >= 15 is 0 Å². The second kappa shape index (κ2) is 5.52.